The molecule has 1 fully saturated rings. The first-order chi connectivity index (χ1) is 12.9. The minimum Gasteiger partial charge on any atom is -0.355 e. The second kappa shape index (κ2) is 8.39. The van der Waals surface area contributed by atoms with Crippen LogP contribution in [0.25, 0.3) is 5.69 Å². The molecule has 3 rings (SSSR count). The SMILES string of the molecule is O=C(Cc1ccc(-n2cccc2)cc1)NCCC(=O)N[C@@H]1CCS(=O)(=O)C1. The summed E-state index contributed by atoms with van der Waals surface area (Å²) in [5.41, 5.74) is 1.92. The van der Waals surface area contributed by atoms with E-state index >= 15 is 0 Å². The molecule has 7 nitrogen and oxygen atoms in total. The summed E-state index contributed by atoms with van der Waals surface area (Å²) in [6.07, 6.45) is 4.74. The number of carbonyl (C=O) groups excluding carboxylic acids is 2. The maximum Gasteiger partial charge on any atom is 0.224 e. The third-order valence-corrected chi connectivity index (χ3v) is 6.24. The van der Waals surface area contributed by atoms with Gasteiger partial charge in [-0.1, -0.05) is 12.1 Å². The Labute approximate surface area is 158 Å². The molecule has 2 N–H and O–H groups in total. The fraction of sp³-hybridized carbons (Fsp3) is 0.368. The van der Waals surface area contributed by atoms with Crippen LogP contribution in [0.2, 0.25) is 0 Å². The van der Waals surface area contributed by atoms with Crippen molar-refractivity contribution in [2.75, 3.05) is 18.1 Å². The molecule has 0 radical (unpaired) electrons. The number of carbonyl (C=O) groups is 2. The Balaban J connectivity index is 1.37. The molecular weight excluding hydrogens is 366 g/mol. The first-order valence-corrected chi connectivity index (χ1v) is 10.7. The zero-order valence-electron chi connectivity index (χ0n) is 14.9. The van der Waals surface area contributed by atoms with E-state index in [1.807, 2.05) is 53.4 Å². The molecule has 2 amide bonds. The van der Waals surface area contributed by atoms with Crippen molar-refractivity contribution in [3.8, 4) is 5.69 Å². The number of rotatable bonds is 7. The van der Waals surface area contributed by atoms with Crippen LogP contribution in [-0.4, -0.2) is 48.9 Å². The molecule has 0 spiro atoms. The maximum absolute atomic E-state index is 12.0. The van der Waals surface area contributed by atoms with Crippen molar-refractivity contribution in [1.82, 2.24) is 15.2 Å². The Morgan fingerprint density at radius 2 is 1.78 bits per heavy atom. The van der Waals surface area contributed by atoms with Crippen molar-refractivity contribution in [2.45, 2.75) is 25.3 Å². The maximum atomic E-state index is 12.0. The van der Waals surface area contributed by atoms with Crippen LogP contribution in [0.3, 0.4) is 0 Å². The summed E-state index contributed by atoms with van der Waals surface area (Å²) < 4.78 is 24.7. The predicted molar refractivity (Wildman–Crippen MR) is 102 cm³/mol. The largest absolute Gasteiger partial charge is 0.355 e. The summed E-state index contributed by atoms with van der Waals surface area (Å²) in [5.74, 6) is -0.268. The normalized spacial score (nSPS) is 18.1. The van der Waals surface area contributed by atoms with E-state index in [1.54, 1.807) is 0 Å². The number of benzene rings is 1. The Kier molecular flexibility index (Phi) is 5.95. The van der Waals surface area contributed by atoms with Crippen LogP contribution in [0, 0.1) is 0 Å². The third kappa shape index (κ3) is 5.68. The van der Waals surface area contributed by atoms with Gasteiger partial charge in [0.05, 0.1) is 17.9 Å². The van der Waals surface area contributed by atoms with E-state index in [0.29, 0.717) is 6.42 Å². The third-order valence-electron chi connectivity index (χ3n) is 4.48. The Bertz CT molecular complexity index is 890. The molecule has 1 aromatic carbocycles. The van der Waals surface area contributed by atoms with Gasteiger partial charge in [0, 0.05) is 37.1 Å². The number of hydrogen-bond acceptors (Lipinski definition) is 4. The number of nitrogens with zero attached hydrogens (tertiary/aromatic N) is 1. The van der Waals surface area contributed by atoms with Crippen LogP contribution >= 0.6 is 0 Å². The van der Waals surface area contributed by atoms with Crippen LogP contribution in [0.5, 0.6) is 0 Å². The molecule has 1 aliphatic rings. The van der Waals surface area contributed by atoms with Crippen LogP contribution in [-0.2, 0) is 25.8 Å². The second-order valence-electron chi connectivity index (χ2n) is 6.70. The average molecular weight is 389 g/mol. The minimum absolute atomic E-state index is 0.00407. The van der Waals surface area contributed by atoms with Crippen molar-refractivity contribution >= 4 is 21.7 Å². The van der Waals surface area contributed by atoms with Gasteiger partial charge in [-0.15, -0.1) is 0 Å². The minimum atomic E-state index is -3.01. The van der Waals surface area contributed by atoms with E-state index in [2.05, 4.69) is 10.6 Å². The lowest BCUT2D eigenvalue weighted by atomic mass is 10.1. The zero-order chi connectivity index (χ0) is 19.3. The van der Waals surface area contributed by atoms with E-state index in [1.165, 1.54) is 0 Å². The molecule has 27 heavy (non-hydrogen) atoms. The fourth-order valence-electron chi connectivity index (χ4n) is 3.06. The van der Waals surface area contributed by atoms with E-state index < -0.39 is 9.84 Å². The molecule has 0 aliphatic carbocycles. The highest BCUT2D eigenvalue weighted by Crippen LogP contribution is 2.12. The predicted octanol–water partition coefficient (Wildman–Crippen LogP) is 0.829. The molecule has 8 heteroatoms. The molecule has 2 heterocycles. The monoisotopic (exact) mass is 389 g/mol. The van der Waals surface area contributed by atoms with E-state index in [4.69, 9.17) is 0 Å². The van der Waals surface area contributed by atoms with E-state index in [9.17, 15) is 18.0 Å². The average Bonchev–Trinajstić information content (AvgIpc) is 3.25. The summed E-state index contributed by atoms with van der Waals surface area (Å²) in [7, 11) is -3.01. The summed E-state index contributed by atoms with van der Waals surface area (Å²) in [4.78, 5) is 23.9. The van der Waals surface area contributed by atoms with Gasteiger partial charge in [-0.3, -0.25) is 9.59 Å². The topological polar surface area (TPSA) is 97.3 Å². The number of nitrogens with one attached hydrogen (secondary N) is 2. The standard InChI is InChI=1S/C19H23N3O4S/c23-18(21-16-8-12-27(25,26)14-16)7-9-20-19(24)13-15-3-5-17(6-4-15)22-10-1-2-11-22/h1-6,10-11,16H,7-9,12-14H2,(H,20,24)(H,21,23)/t16-/m1/s1. The van der Waals surface area contributed by atoms with Gasteiger partial charge in [-0.25, -0.2) is 8.42 Å². The number of hydrogen-bond donors (Lipinski definition) is 2. The summed E-state index contributed by atoms with van der Waals surface area (Å²) in [5, 5.41) is 5.43. The molecule has 1 atom stereocenters. The summed E-state index contributed by atoms with van der Waals surface area (Å²) >= 11 is 0. The molecular formula is C19H23N3O4S. The van der Waals surface area contributed by atoms with Crippen LogP contribution in [0.4, 0.5) is 0 Å². The lowest BCUT2D eigenvalue weighted by Crippen LogP contribution is -2.37. The lowest BCUT2D eigenvalue weighted by molar-refractivity contribution is -0.122. The second-order valence-corrected chi connectivity index (χ2v) is 8.93. The van der Waals surface area contributed by atoms with Gasteiger partial charge in [0.15, 0.2) is 9.84 Å². The van der Waals surface area contributed by atoms with Crippen LogP contribution in [0.1, 0.15) is 18.4 Å². The zero-order valence-corrected chi connectivity index (χ0v) is 15.7. The molecule has 1 aromatic heterocycles. The molecule has 0 unspecified atom stereocenters. The highest BCUT2D eigenvalue weighted by atomic mass is 32.2. The van der Waals surface area contributed by atoms with Gasteiger partial charge in [-0.2, -0.15) is 0 Å². The lowest BCUT2D eigenvalue weighted by Gasteiger charge is -2.11. The van der Waals surface area contributed by atoms with Gasteiger partial charge >= 0.3 is 0 Å². The van der Waals surface area contributed by atoms with Crippen molar-refractivity contribution in [3.63, 3.8) is 0 Å². The molecule has 1 saturated heterocycles. The summed E-state index contributed by atoms with van der Waals surface area (Å²) in [6, 6.07) is 11.3. The highest BCUT2D eigenvalue weighted by Gasteiger charge is 2.28. The molecule has 0 saturated carbocycles. The molecule has 0 bridgehead atoms. The Morgan fingerprint density at radius 3 is 2.41 bits per heavy atom. The van der Waals surface area contributed by atoms with Gasteiger partial charge in [0.2, 0.25) is 11.8 Å². The van der Waals surface area contributed by atoms with Crippen molar-refractivity contribution in [3.05, 3.63) is 54.4 Å². The van der Waals surface area contributed by atoms with Gasteiger partial charge in [-0.05, 0) is 36.2 Å². The number of aromatic nitrogens is 1. The first-order valence-electron chi connectivity index (χ1n) is 8.90. The van der Waals surface area contributed by atoms with Crippen molar-refractivity contribution < 1.29 is 18.0 Å². The molecule has 144 valence electrons. The van der Waals surface area contributed by atoms with Gasteiger partial charge < -0.3 is 15.2 Å². The first kappa shape index (κ1) is 19.2. The smallest absolute Gasteiger partial charge is 0.224 e. The fourth-order valence-corrected chi connectivity index (χ4v) is 4.74. The van der Waals surface area contributed by atoms with Gasteiger partial charge in [0.25, 0.3) is 0 Å². The highest BCUT2D eigenvalue weighted by molar-refractivity contribution is 7.91. The van der Waals surface area contributed by atoms with Crippen LogP contribution in [0.15, 0.2) is 48.8 Å². The molecule has 2 aromatic rings. The number of sulfone groups is 1. The van der Waals surface area contributed by atoms with Crippen molar-refractivity contribution in [2.24, 2.45) is 0 Å². The quantitative estimate of drug-likeness (QED) is 0.733. The number of amides is 2. The molecule has 1 aliphatic heterocycles. The van der Waals surface area contributed by atoms with Gasteiger partial charge in [0.1, 0.15) is 0 Å². The van der Waals surface area contributed by atoms with Crippen LogP contribution < -0.4 is 10.6 Å². The summed E-state index contributed by atoms with van der Waals surface area (Å²) in [6.45, 7) is 0.228. The van der Waals surface area contributed by atoms with E-state index in [-0.39, 0.29) is 48.7 Å². The Morgan fingerprint density at radius 1 is 1.07 bits per heavy atom. The van der Waals surface area contributed by atoms with Crippen molar-refractivity contribution in [1.29, 1.82) is 0 Å². The van der Waals surface area contributed by atoms with E-state index in [0.717, 1.165) is 11.3 Å². The Hall–Kier alpha value is -2.61.